The summed E-state index contributed by atoms with van der Waals surface area (Å²) in [4.78, 5) is 0. The fourth-order valence-electron chi connectivity index (χ4n) is 1.94. The van der Waals surface area contributed by atoms with E-state index < -0.39 is 0 Å². The van der Waals surface area contributed by atoms with Crippen LogP contribution in [0.5, 0.6) is 0 Å². The number of benzene rings is 1. The number of hydrogen-bond acceptors (Lipinski definition) is 2. The first-order valence-electron chi connectivity index (χ1n) is 5.64. The highest BCUT2D eigenvalue weighted by Gasteiger charge is 2.10. The van der Waals surface area contributed by atoms with Crippen molar-refractivity contribution in [3.05, 3.63) is 58.0 Å². The predicted molar refractivity (Wildman–Crippen MR) is 68.7 cm³/mol. The number of aliphatic hydroxyl groups excluding tert-OH is 1. The molecule has 0 aliphatic carbocycles. The first kappa shape index (κ1) is 12.3. The molecule has 1 heterocycles. The third-order valence-corrected chi connectivity index (χ3v) is 3.51. The molecule has 1 aromatic heterocycles. The molecule has 0 bridgehead atoms. The van der Waals surface area contributed by atoms with Crippen molar-refractivity contribution in [3.63, 3.8) is 0 Å². The van der Waals surface area contributed by atoms with Crippen LogP contribution in [0.3, 0.4) is 0 Å². The van der Waals surface area contributed by atoms with Gasteiger partial charge in [-0.15, -0.1) is 0 Å². The lowest BCUT2D eigenvalue weighted by Crippen LogP contribution is -2.12. The molecule has 0 saturated heterocycles. The third kappa shape index (κ3) is 3.65. The minimum atomic E-state index is -0.213. The van der Waals surface area contributed by atoms with Gasteiger partial charge < -0.3 is 5.11 Å². The Bertz CT molecular complexity index is 453. The van der Waals surface area contributed by atoms with Gasteiger partial charge in [-0.2, -0.15) is 11.3 Å². The molecule has 3 heteroatoms. The molecule has 1 unspecified atom stereocenters. The molecule has 0 amide bonds. The number of hydrogen-bond donors (Lipinski definition) is 1. The van der Waals surface area contributed by atoms with Gasteiger partial charge in [0.2, 0.25) is 0 Å². The van der Waals surface area contributed by atoms with Crippen LogP contribution in [0.2, 0.25) is 0 Å². The molecule has 1 aromatic carbocycles. The van der Waals surface area contributed by atoms with E-state index in [9.17, 15) is 9.50 Å². The molecule has 1 nitrogen and oxygen atoms in total. The molecule has 0 spiro atoms. The van der Waals surface area contributed by atoms with Gasteiger partial charge in [-0.05, 0) is 58.8 Å². The largest absolute Gasteiger partial charge is 0.396 e. The Morgan fingerprint density at radius 2 is 2.00 bits per heavy atom. The maximum Gasteiger partial charge on any atom is 0.123 e. The van der Waals surface area contributed by atoms with Gasteiger partial charge in [-0.1, -0.05) is 12.1 Å². The first-order valence-corrected chi connectivity index (χ1v) is 6.58. The van der Waals surface area contributed by atoms with Gasteiger partial charge in [0.15, 0.2) is 0 Å². The van der Waals surface area contributed by atoms with Crippen LogP contribution in [0.4, 0.5) is 4.39 Å². The molecule has 1 atom stereocenters. The van der Waals surface area contributed by atoms with Gasteiger partial charge in [0, 0.05) is 6.61 Å². The van der Waals surface area contributed by atoms with E-state index in [0.29, 0.717) is 6.42 Å². The summed E-state index contributed by atoms with van der Waals surface area (Å²) in [6, 6.07) is 8.66. The monoisotopic (exact) mass is 250 g/mol. The molecule has 0 aliphatic rings. The molecule has 0 saturated carbocycles. The second-order valence-electron chi connectivity index (χ2n) is 4.22. The molecule has 2 aromatic rings. The van der Waals surface area contributed by atoms with Crippen LogP contribution < -0.4 is 0 Å². The summed E-state index contributed by atoms with van der Waals surface area (Å²) in [5, 5.41) is 13.5. The van der Waals surface area contributed by atoms with Gasteiger partial charge in [0.25, 0.3) is 0 Å². The fourth-order valence-corrected chi connectivity index (χ4v) is 2.62. The van der Waals surface area contributed by atoms with Crippen molar-refractivity contribution < 1.29 is 9.50 Å². The van der Waals surface area contributed by atoms with E-state index in [2.05, 4.69) is 11.4 Å². The van der Waals surface area contributed by atoms with E-state index in [0.717, 1.165) is 12.0 Å². The number of thiophene rings is 1. The van der Waals surface area contributed by atoms with Crippen LogP contribution in [-0.2, 0) is 12.8 Å². The first-order chi connectivity index (χ1) is 8.28. The van der Waals surface area contributed by atoms with Crippen LogP contribution in [0, 0.1) is 11.7 Å². The predicted octanol–water partition coefficient (Wildman–Crippen LogP) is 3.28. The van der Waals surface area contributed by atoms with E-state index in [1.165, 1.54) is 17.7 Å². The van der Waals surface area contributed by atoms with Crippen molar-refractivity contribution in [1.29, 1.82) is 0 Å². The van der Waals surface area contributed by atoms with Crippen LogP contribution in [0.1, 0.15) is 11.1 Å². The van der Waals surface area contributed by atoms with Gasteiger partial charge in [-0.25, -0.2) is 4.39 Å². The Labute approximate surface area is 105 Å². The lowest BCUT2D eigenvalue weighted by atomic mass is 9.94. The molecule has 1 N–H and O–H groups in total. The summed E-state index contributed by atoms with van der Waals surface area (Å²) in [6.07, 6.45) is 1.56. The Morgan fingerprint density at radius 3 is 2.65 bits per heavy atom. The van der Waals surface area contributed by atoms with E-state index in [1.807, 2.05) is 11.4 Å². The highest BCUT2D eigenvalue weighted by atomic mass is 32.1. The average molecular weight is 250 g/mol. The van der Waals surface area contributed by atoms with Crippen LogP contribution in [0.15, 0.2) is 41.1 Å². The fraction of sp³-hybridized carbons (Fsp3) is 0.286. The summed E-state index contributed by atoms with van der Waals surface area (Å²) in [5.74, 6) is -0.0545. The van der Waals surface area contributed by atoms with Gasteiger partial charge >= 0.3 is 0 Å². The van der Waals surface area contributed by atoms with Crippen molar-refractivity contribution in [2.75, 3.05) is 6.61 Å². The molecule has 90 valence electrons. The zero-order valence-corrected chi connectivity index (χ0v) is 10.3. The number of aliphatic hydroxyl groups is 1. The minimum absolute atomic E-state index is 0.131. The Kier molecular flexibility index (Phi) is 4.29. The molecular weight excluding hydrogens is 235 g/mol. The second kappa shape index (κ2) is 5.94. The smallest absolute Gasteiger partial charge is 0.123 e. The van der Waals surface area contributed by atoms with Gasteiger partial charge in [0.1, 0.15) is 5.82 Å². The highest BCUT2D eigenvalue weighted by Crippen LogP contribution is 2.17. The van der Waals surface area contributed by atoms with Crippen LogP contribution in [0.25, 0.3) is 0 Å². The second-order valence-corrected chi connectivity index (χ2v) is 5.00. The van der Waals surface area contributed by atoms with Crippen molar-refractivity contribution in [2.45, 2.75) is 12.8 Å². The zero-order valence-electron chi connectivity index (χ0n) is 9.47. The summed E-state index contributed by atoms with van der Waals surface area (Å²) in [6.45, 7) is 0.131. The standard InChI is InChI=1S/C14H15FOS/c15-14-3-1-2-11(8-14)6-13(9-16)7-12-4-5-17-10-12/h1-5,8,10,13,16H,6-7,9H2. The molecule has 17 heavy (non-hydrogen) atoms. The Morgan fingerprint density at radius 1 is 1.18 bits per heavy atom. The summed E-state index contributed by atoms with van der Waals surface area (Å²) < 4.78 is 13.0. The topological polar surface area (TPSA) is 20.2 Å². The van der Waals surface area contributed by atoms with Crippen molar-refractivity contribution in [2.24, 2.45) is 5.92 Å². The van der Waals surface area contributed by atoms with Crippen molar-refractivity contribution in [3.8, 4) is 0 Å². The molecule has 2 rings (SSSR count). The lowest BCUT2D eigenvalue weighted by molar-refractivity contribution is 0.225. The zero-order chi connectivity index (χ0) is 12.1. The summed E-state index contributed by atoms with van der Waals surface area (Å²) in [7, 11) is 0. The van der Waals surface area contributed by atoms with Crippen LogP contribution >= 0.6 is 11.3 Å². The molecule has 0 radical (unpaired) electrons. The third-order valence-electron chi connectivity index (χ3n) is 2.78. The Hall–Kier alpha value is -1.19. The maximum absolute atomic E-state index is 13.0. The SMILES string of the molecule is OCC(Cc1ccsc1)Cc1cccc(F)c1. The van der Waals surface area contributed by atoms with Gasteiger partial charge in [0.05, 0.1) is 0 Å². The molecule has 0 aliphatic heterocycles. The average Bonchev–Trinajstić information content (AvgIpc) is 2.81. The lowest BCUT2D eigenvalue weighted by Gasteiger charge is -2.13. The van der Waals surface area contributed by atoms with Crippen LogP contribution in [-0.4, -0.2) is 11.7 Å². The van der Waals surface area contributed by atoms with E-state index in [1.54, 1.807) is 17.4 Å². The quantitative estimate of drug-likeness (QED) is 0.863. The number of rotatable bonds is 5. The van der Waals surface area contributed by atoms with Crippen molar-refractivity contribution in [1.82, 2.24) is 0 Å². The molecule has 0 fully saturated rings. The summed E-state index contributed by atoms with van der Waals surface area (Å²) >= 11 is 1.66. The Balaban J connectivity index is 2.00. The van der Waals surface area contributed by atoms with E-state index in [4.69, 9.17) is 0 Å². The van der Waals surface area contributed by atoms with Crippen molar-refractivity contribution >= 4 is 11.3 Å². The maximum atomic E-state index is 13.0. The summed E-state index contributed by atoms with van der Waals surface area (Å²) in [5.41, 5.74) is 2.18. The van der Waals surface area contributed by atoms with E-state index in [-0.39, 0.29) is 18.3 Å². The highest BCUT2D eigenvalue weighted by molar-refractivity contribution is 7.07. The van der Waals surface area contributed by atoms with Gasteiger partial charge in [-0.3, -0.25) is 0 Å². The van der Waals surface area contributed by atoms with E-state index >= 15 is 0 Å². The number of halogens is 1. The minimum Gasteiger partial charge on any atom is -0.396 e. The molecular formula is C14H15FOS. The normalized spacial score (nSPS) is 12.6.